The maximum Gasteiger partial charge on any atom is 0.246 e. The lowest BCUT2D eigenvalue weighted by Crippen LogP contribution is -2.52. The van der Waals surface area contributed by atoms with Crippen LogP contribution < -0.4 is 5.32 Å². The first-order valence-corrected chi connectivity index (χ1v) is 7.76. The van der Waals surface area contributed by atoms with E-state index < -0.39 is 17.2 Å². The number of hydrogen-bond acceptors (Lipinski definition) is 4. The van der Waals surface area contributed by atoms with Crippen molar-refractivity contribution in [2.24, 2.45) is 0 Å². The molecule has 1 aromatic carbocycles. The molecule has 0 spiro atoms. The summed E-state index contributed by atoms with van der Waals surface area (Å²) in [4.78, 5) is 22.9. The molecule has 2 aromatic rings. The molecule has 24 heavy (non-hydrogen) atoms. The van der Waals surface area contributed by atoms with Gasteiger partial charge < -0.3 is 5.32 Å². The largest absolute Gasteiger partial charge is 0.357 e. The van der Waals surface area contributed by atoms with Crippen molar-refractivity contribution in [2.45, 2.75) is 24.9 Å². The summed E-state index contributed by atoms with van der Waals surface area (Å²) >= 11 is 0. The van der Waals surface area contributed by atoms with Gasteiger partial charge in [0.2, 0.25) is 5.91 Å². The molecule has 0 radical (unpaired) electrons. The van der Waals surface area contributed by atoms with Gasteiger partial charge in [-0.05, 0) is 25.5 Å². The minimum absolute atomic E-state index is 0.119. The van der Waals surface area contributed by atoms with Gasteiger partial charge in [0.05, 0.1) is 11.9 Å². The summed E-state index contributed by atoms with van der Waals surface area (Å²) in [6, 6.07) is 4.08. The predicted molar refractivity (Wildman–Crippen MR) is 83.8 cm³/mol. The summed E-state index contributed by atoms with van der Waals surface area (Å²) in [6.45, 7) is 0.702. The van der Waals surface area contributed by atoms with Crippen LogP contribution in [0, 0.1) is 11.6 Å². The molecule has 5 nitrogen and oxygen atoms in total. The summed E-state index contributed by atoms with van der Waals surface area (Å²) in [5, 5.41) is 2.67. The molecule has 1 aromatic heterocycles. The van der Waals surface area contributed by atoms with Gasteiger partial charge >= 0.3 is 0 Å². The van der Waals surface area contributed by atoms with E-state index in [-0.39, 0.29) is 18.0 Å². The fraction of sp³-hybridized carbons (Fsp3) is 0.353. The van der Waals surface area contributed by atoms with E-state index in [0.29, 0.717) is 18.7 Å². The number of halogens is 2. The van der Waals surface area contributed by atoms with Gasteiger partial charge in [0.15, 0.2) is 11.6 Å². The van der Waals surface area contributed by atoms with Crippen molar-refractivity contribution in [3.63, 3.8) is 0 Å². The highest BCUT2D eigenvalue weighted by Gasteiger charge is 2.49. The monoisotopic (exact) mass is 332 g/mol. The fourth-order valence-electron chi connectivity index (χ4n) is 3.35. The van der Waals surface area contributed by atoms with E-state index in [4.69, 9.17) is 0 Å². The van der Waals surface area contributed by atoms with Crippen LogP contribution in [0.15, 0.2) is 36.8 Å². The first-order chi connectivity index (χ1) is 11.6. The summed E-state index contributed by atoms with van der Waals surface area (Å²) in [6.07, 6.45) is 5.91. The zero-order valence-electron chi connectivity index (χ0n) is 13.3. The van der Waals surface area contributed by atoms with E-state index >= 15 is 0 Å². The molecule has 7 heteroatoms. The van der Waals surface area contributed by atoms with Gasteiger partial charge in [0.1, 0.15) is 5.54 Å². The van der Waals surface area contributed by atoms with E-state index in [1.807, 2.05) is 4.90 Å². The molecule has 126 valence electrons. The number of benzene rings is 1. The lowest BCUT2D eigenvalue weighted by molar-refractivity contribution is -0.132. The fourth-order valence-corrected chi connectivity index (χ4v) is 3.35. The van der Waals surface area contributed by atoms with Gasteiger partial charge in [0, 0.05) is 31.5 Å². The van der Waals surface area contributed by atoms with Gasteiger partial charge in [0.25, 0.3) is 0 Å². The molecule has 0 saturated carbocycles. The number of nitrogens with one attached hydrogen (secondary N) is 1. The quantitative estimate of drug-likeness (QED) is 0.930. The first-order valence-electron chi connectivity index (χ1n) is 7.76. The third kappa shape index (κ3) is 2.65. The van der Waals surface area contributed by atoms with Crippen molar-refractivity contribution >= 4 is 5.91 Å². The van der Waals surface area contributed by atoms with Crippen LogP contribution in [0.4, 0.5) is 8.78 Å². The van der Waals surface area contributed by atoms with Crippen LogP contribution in [0.5, 0.6) is 0 Å². The van der Waals surface area contributed by atoms with Crippen LogP contribution in [0.1, 0.15) is 24.1 Å². The molecule has 0 bridgehead atoms. The third-order valence-corrected chi connectivity index (χ3v) is 4.49. The number of carbonyl (C=O) groups excluding carboxylic acids is 1. The van der Waals surface area contributed by atoms with Gasteiger partial charge in [-0.1, -0.05) is 12.1 Å². The molecule has 0 aliphatic carbocycles. The molecule has 1 saturated heterocycles. The number of hydrogen-bond donors (Lipinski definition) is 1. The lowest BCUT2D eigenvalue weighted by atomic mass is 9.90. The van der Waals surface area contributed by atoms with E-state index in [1.165, 1.54) is 24.5 Å². The van der Waals surface area contributed by atoms with Crippen molar-refractivity contribution in [1.29, 1.82) is 0 Å². The highest BCUT2D eigenvalue weighted by Crippen LogP contribution is 2.39. The molecule has 2 heterocycles. The highest BCUT2D eigenvalue weighted by atomic mass is 19.2. The average molecular weight is 332 g/mol. The van der Waals surface area contributed by atoms with Crippen LogP contribution in [0.3, 0.4) is 0 Å². The Balaban J connectivity index is 2.02. The van der Waals surface area contributed by atoms with Crippen LogP contribution in [-0.4, -0.2) is 34.4 Å². The minimum Gasteiger partial charge on any atom is -0.357 e. The maximum atomic E-state index is 14.1. The van der Waals surface area contributed by atoms with Crippen molar-refractivity contribution in [1.82, 2.24) is 20.2 Å². The van der Waals surface area contributed by atoms with Gasteiger partial charge in [-0.15, -0.1) is 0 Å². The molecule has 3 rings (SSSR count). The number of nitrogens with zero attached hydrogens (tertiary/aromatic N) is 3. The molecular formula is C17H18F2N4O. The third-order valence-electron chi connectivity index (χ3n) is 4.49. The van der Waals surface area contributed by atoms with Gasteiger partial charge in [-0.2, -0.15) is 0 Å². The molecular weight excluding hydrogens is 314 g/mol. The van der Waals surface area contributed by atoms with Crippen molar-refractivity contribution in [2.75, 3.05) is 13.6 Å². The Morgan fingerprint density at radius 3 is 2.92 bits per heavy atom. The number of aromatic nitrogens is 2. The van der Waals surface area contributed by atoms with Crippen LogP contribution >= 0.6 is 0 Å². The Kier molecular flexibility index (Phi) is 4.53. The van der Waals surface area contributed by atoms with E-state index in [1.54, 1.807) is 13.2 Å². The van der Waals surface area contributed by atoms with Crippen LogP contribution in [0.25, 0.3) is 0 Å². The molecule has 1 amide bonds. The summed E-state index contributed by atoms with van der Waals surface area (Å²) in [7, 11) is 1.56. The van der Waals surface area contributed by atoms with Crippen LogP contribution in [0.2, 0.25) is 0 Å². The maximum absolute atomic E-state index is 14.1. The minimum atomic E-state index is -1.03. The molecule has 1 fully saturated rings. The summed E-state index contributed by atoms with van der Waals surface area (Å²) < 4.78 is 27.6. The van der Waals surface area contributed by atoms with Crippen molar-refractivity contribution < 1.29 is 13.6 Å². The van der Waals surface area contributed by atoms with Crippen molar-refractivity contribution in [3.05, 3.63) is 59.7 Å². The molecule has 1 atom stereocenters. The SMILES string of the molecule is CNC(=O)C1(c2cnccn2)CCCN1Cc1cccc(F)c1F. The van der Waals surface area contributed by atoms with E-state index in [0.717, 1.165) is 12.5 Å². The number of rotatable bonds is 4. The molecule has 1 unspecified atom stereocenters. The van der Waals surface area contributed by atoms with Gasteiger partial charge in [-0.25, -0.2) is 8.78 Å². The molecule has 1 aliphatic heterocycles. The second kappa shape index (κ2) is 6.60. The average Bonchev–Trinajstić information content (AvgIpc) is 3.03. The summed E-state index contributed by atoms with van der Waals surface area (Å²) in [5.74, 6) is -2.00. The van der Waals surface area contributed by atoms with E-state index in [2.05, 4.69) is 15.3 Å². The molecule has 1 N–H and O–H groups in total. The number of amides is 1. The Labute approximate surface area is 138 Å². The second-order valence-corrected chi connectivity index (χ2v) is 5.77. The first kappa shape index (κ1) is 16.4. The number of likely N-dealkylation sites (tertiary alicyclic amines) is 1. The zero-order chi connectivity index (χ0) is 17.2. The second-order valence-electron chi connectivity index (χ2n) is 5.77. The van der Waals surface area contributed by atoms with Crippen LogP contribution in [-0.2, 0) is 16.9 Å². The number of carbonyl (C=O) groups is 1. The Bertz CT molecular complexity index is 741. The lowest BCUT2D eigenvalue weighted by Gasteiger charge is -2.36. The van der Waals surface area contributed by atoms with E-state index in [9.17, 15) is 13.6 Å². The smallest absolute Gasteiger partial charge is 0.246 e. The standard InChI is InChI=1S/C17H18F2N4O/c1-20-16(24)17(14-10-21-7-8-22-14)6-3-9-23(17)11-12-4-2-5-13(18)15(12)19/h2,4-5,7-8,10H,3,6,9,11H2,1H3,(H,20,24). The Morgan fingerprint density at radius 2 is 2.21 bits per heavy atom. The Hall–Kier alpha value is -2.41. The molecule has 1 aliphatic rings. The predicted octanol–water partition coefficient (Wildman–Crippen LogP) is 1.99. The Morgan fingerprint density at radius 1 is 1.38 bits per heavy atom. The highest BCUT2D eigenvalue weighted by molar-refractivity contribution is 5.87. The number of likely N-dealkylation sites (N-methyl/N-ethyl adjacent to an activating group) is 1. The zero-order valence-corrected chi connectivity index (χ0v) is 13.3. The normalized spacial score (nSPS) is 21.0. The summed E-state index contributed by atoms with van der Waals surface area (Å²) in [5.41, 5.74) is -0.297. The topological polar surface area (TPSA) is 58.1 Å². The van der Waals surface area contributed by atoms with Crippen molar-refractivity contribution in [3.8, 4) is 0 Å². The van der Waals surface area contributed by atoms with Gasteiger partial charge in [-0.3, -0.25) is 19.7 Å².